The van der Waals surface area contributed by atoms with Gasteiger partial charge in [-0.3, -0.25) is 4.79 Å². The zero-order chi connectivity index (χ0) is 15.2. The van der Waals surface area contributed by atoms with Crippen molar-refractivity contribution >= 4 is 5.91 Å². The van der Waals surface area contributed by atoms with Crippen molar-refractivity contribution in [2.75, 3.05) is 13.1 Å². The number of nitrogens with one attached hydrogen (secondary N) is 2. The number of hydrogen-bond acceptors (Lipinski definition) is 2. The SMILES string of the molecule is CC(Cc1c(F)cccc1F)NC(=O)CC1CCNCC1. The van der Waals surface area contributed by atoms with E-state index in [1.54, 1.807) is 6.92 Å². The predicted molar refractivity (Wildman–Crippen MR) is 77.9 cm³/mol. The van der Waals surface area contributed by atoms with E-state index in [4.69, 9.17) is 0 Å². The van der Waals surface area contributed by atoms with E-state index < -0.39 is 11.6 Å². The number of carbonyl (C=O) groups is 1. The third-order valence-corrected chi connectivity index (χ3v) is 3.91. The summed E-state index contributed by atoms with van der Waals surface area (Å²) in [6, 6.07) is 3.53. The van der Waals surface area contributed by atoms with Crippen LogP contribution in [0.1, 0.15) is 31.7 Å². The van der Waals surface area contributed by atoms with Crippen LogP contribution in [0.15, 0.2) is 18.2 Å². The summed E-state index contributed by atoms with van der Waals surface area (Å²) in [6.07, 6.45) is 2.66. The Bertz CT molecular complexity index is 467. The fourth-order valence-corrected chi connectivity index (χ4v) is 2.77. The van der Waals surface area contributed by atoms with Crippen LogP contribution in [0, 0.1) is 17.6 Å². The topological polar surface area (TPSA) is 41.1 Å². The molecule has 21 heavy (non-hydrogen) atoms. The fraction of sp³-hybridized carbons (Fsp3) is 0.562. The Morgan fingerprint density at radius 1 is 1.33 bits per heavy atom. The van der Waals surface area contributed by atoms with E-state index in [0.717, 1.165) is 25.9 Å². The maximum atomic E-state index is 13.6. The van der Waals surface area contributed by atoms with Gasteiger partial charge in [-0.05, 0) is 57.3 Å². The standard InChI is InChI=1S/C16H22F2N2O/c1-11(9-13-14(17)3-2-4-15(13)18)20-16(21)10-12-5-7-19-8-6-12/h2-4,11-12,19H,5-10H2,1H3,(H,20,21). The monoisotopic (exact) mass is 296 g/mol. The third kappa shape index (κ3) is 4.77. The van der Waals surface area contributed by atoms with Crippen molar-refractivity contribution in [1.82, 2.24) is 10.6 Å². The van der Waals surface area contributed by atoms with Gasteiger partial charge in [0.25, 0.3) is 0 Å². The highest BCUT2D eigenvalue weighted by molar-refractivity contribution is 5.76. The molecule has 2 N–H and O–H groups in total. The van der Waals surface area contributed by atoms with Crippen molar-refractivity contribution in [3.63, 3.8) is 0 Å². The first kappa shape index (κ1) is 15.9. The maximum absolute atomic E-state index is 13.6. The molecule has 1 aliphatic rings. The van der Waals surface area contributed by atoms with Crippen LogP contribution >= 0.6 is 0 Å². The molecule has 1 aromatic carbocycles. The minimum atomic E-state index is -0.561. The second-order valence-electron chi connectivity index (χ2n) is 5.77. The number of rotatable bonds is 5. The molecule has 0 spiro atoms. The van der Waals surface area contributed by atoms with Crippen molar-refractivity contribution < 1.29 is 13.6 Å². The lowest BCUT2D eigenvalue weighted by atomic mass is 9.94. The van der Waals surface area contributed by atoms with E-state index in [1.165, 1.54) is 18.2 Å². The molecule has 1 heterocycles. The van der Waals surface area contributed by atoms with E-state index in [2.05, 4.69) is 10.6 Å². The Morgan fingerprint density at radius 2 is 1.95 bits per heavy atom. The zero-order valence-corrected chi connectivity index (χ0v) is 12.3. The molecule has 0 bridgehead atoms. The first-order valence-electron chi connectivity index (χ1n) is 7.49. The first-order chi connectivity index (χ1) is 10.1. The molecule has 1 atom stereocenters. The van der Waals surface area contributed by atoms with Crippen molar-refractivity contribution in [3.05, 3.63) is 35.4 Å². The van der Waals surface area contributed by atoms with Crippen LogP contribution < -0.4 is 10.6 Å². The highest BCUT2D eigenvalue weighted by Gasteiger charge is 2.19. The summed E-state index contributed by atoms with van der Waals surface area (Å²) in [7, 11) is 0. The molecule has 1 unspecified atom stereocenters. The summed E-state index contributed by atoms with van der Waals surface area (Å²) >= 11 is 0. The summed E-state index contributed by atoms with van der Waals surface area (Å²) in [5.74, 6) is -0.751. The largest absolute Gasteiger partial charge is 0.353 e. The molecule has 2 rings (SSSR count). The molecule has 5 heteroatoms. The molecule has 1 fully saturated rings. The normalized spacial score (nSPS) is 17.5. The number of benzene rings is 1. The highest BCUT2D eigenvalue weighted by atomic mass is 19.1. The average Bonchev–Trinajstić information content (AvgIpc) is 2.44. The van der Waals surface area contributed by atoms with Crippen LogP contribution in [0.25, 0.3) is 0 Å². The summed E-state index contributed by atoms with van der Waals surface area (Å²) in [5, 5.41) is 6.10. The van der Waals surface area contributed by atoms with Gasteiger partial charge in [0.1, 0.15) is 11.6 Å². The molecule has 1 aromatic rings. The molecular weight excluding hydrogens is 274 g/mol. The van der Waals surface area contributed by atoms with Crippen molar-refractivity contribution in [3.8, 4) is 0 Å². The van der Waals surface area contributed by atoms with Gasteiger partial charge in [-0.2, -0.15) is 0 Å². The molecular formula is C16H22F2N2O. The van der Waals surface area contributed by atoms with Crippen LogP contribution in [-0.2, 0) is 11.2 Å². The van der Waals surface area contributed by atoms with E-state index in [1.807, 2.05) is 0 Å². The van der Waals surface area contributed by atoms with Crippen LogP contribution in [0.2, 0.25) is 0 Å². The second kappa shape index (κ2) is 7.50. The minimum Gasteiger partial charge on any atom is -0.353 e. The summed E-state index contributed by atoms with van der Waals surface area (Å²) in [4.78, 5) is 12.0. The highest BCUT2D eigenvalue weighted by Crippen LogP contribution is 2.17. The number of carbonyl (C=O) groups excluding carboxylic acids is 1. The van der Waals surface area contributed by atoms with Gasteiger partial charge in [-0.15, -0.1) is 0 Å². The number of amides is 1. The van der Waals surface area contributed by atoms with Gasteiger partial charge in [0.2, 0.25) is 5.91 Å². The average molecular weight is 296 g/mol. The van der Waals surface area contributed by atoms with E-state index >= 15 is 0 Å². The minimum absolute atomic E-state index is 0.0344. The molecule has 1 aliphatic heterocycles. The number of halogens is 2. The van der Waals surface area contributed by atoms with Crippen LogP contribution in [0.4, 0.5) is 8.78 Å². The van der Waals surface area contributed by atoms with Gasteiger partial charge in [-0.1, -0.05) is 6.07 Å². The molecule has 0 aromatic heterocycles. The zero-order valence-electron chi connectivity index (χ0n) is 12.3. The van der Waals surface area contributed by atoms with Gasteiger partial charge in [0, 0.05) is 18.0 Å². The number of piperidine rings is 1. The van der Waals surface area contributed by atoms with E-state index in [-0.39, 0.29) is 23.9 Å². The van der Waals surface area contributed by atoms with Crippen molar-refractivity contribution in [2.45, 2.75) is 38.6 Å². The van der Waals surface area contributed by atoms with Gasteiger partial charge in [-0.25, -0.2) is 8.78 Å². The number of hydrogen-bond donors (Lipinski definition) is 2. The molecule has 0 aliphatic carbocycles. The Balaban J connectivity index is 1.83. The maximum Gasteiger partial charge on any atom is 0.220 e. The predicted octanol–water partition coefficient (Wildman–Crippen LogP) is 2.40. The summed E-state index contributed by atoms with van der Waals surface area (Å²) < 4.78 is 27.1. The second-order valence-corrected chi connectivity index (χ2v) is 5.77. The summed E-state index contributed by atoms with van der Waals surface area (Å²) in [6.45, 7) is 3.67. The quantitative estimate of drug-likeness (QED) is 0.876. The van der Waals surface area contributed by atoms with Gasteiger partial charge in [0.05, 0.1) is 0 Å². The Morgan fingerprint density at radius 3 is 2.57 bits per heavy atom. The Labute approximate surface area is 124 Å². The van der Waals surface area contributed by atoms with Crippen LogP contribution in [-0.4, -0.2) is 25.0 Å². The van der Waals surface area contributed by atoms with E-state index in [9.17, 15) is 13.6 Å². The van der Waals surface area contributed by atoms with Crippen LogP contribution in [0.5, 0.6) is 0 Å². The Hall–Kier alpha value is -1.49. The van der Waals surface area contributed by atoms with Crippen LogP contribution in [0.3, 0.4) is 0 Å². The molecule has 1 saturated heterocycles. The van der Waals surface area contributed by atoms with Gasteiger partial charge < -0.3 is 10.6 Å². The molecule has 0 radical (unpaired) electrons. The van der Waals surface area contributed by atoms with Gasteiger partial charge in [0.15, 0.2) is 0 Å². The van der Waals surface area contributed by atoms with Crippen molar-refractivity contribution in [2.24, 2.45) is 5.92 Å². The Kier molecular flexibility index (Phi) is 5.67. The van der Waals surface area contributed by atoms with Crippen molar-refractivity contribution in [1.29, 1.82) is 0 Å². The summed E-state index contributed by atoms with van der Waals surface area (Å²) in [5.41, 5.74) is 0.0344. The lowest BCUT2D eigenvalue weighted by Gasteiger charge is -2.23. The fourth-order valence-electron chi connectivity index (χ4n) is 2.77. The van der Waals surface area contributed by atoms with Gasteiger partial charge >= 0.3 is 0 Å². The lowest BCUT2D eigenvalue weighted by Crippen LogP contribution is -2.37. The smallest absolute Gasteiger partial charge is 0.220 e. The molecule has 116 valence electrons. The molecule has 3 nitrogen and oxygen atoms in total. The molecule has 1 amide bonds. The third-order valence-electron chi connectivity index (χ3n) is 3.91. The first-order valence-corrected chi connectivity index (χ1v) is 7.49. The lowest BCUT2D eigenvalue weighted by molar-refractivity contribution is -0.122. The molecule has 0 saturated carbocycles. The van der Waals surface area contributed by atoms with E-state index in [0.29, 0.717) is 12.3 Å².